The lowest BCUT2D eigenvalue weighted by molar-refractivity contribution is -0.143. The molecule has 1 atom stereocenters. The molecule has 2 amide bonds. The zero-order chi connectivity index (χ0) is 24.3. The van der Waals surface area contributed by atoms with Crippen molar-refractivity contribution in [2.45, 2.75) is 32.4 Å². The Hall–Kier alpha value is -4.14. The summed E-state index contributed by atoms with van der Waals surface area (Å²) in [6.45, 7) is 2.48. The maximum absolute atomic E-state index is 13.0. The monoisotopic (exact) mass is 464 g/mol. The van der Waals surface area contributed by atoms with Crippen LogP contribution >= 0.6 is 0 Å². The van der Waals surface area contributed by atoms with Gasteiger partial charge in [-0.15, -0.1) is 0 Å². The van der Waals surface area contributed by atoms with E-state index < -0.39 is 12.0 Å². The van der Waals surface area contributed by atoms with E-state index in [2.05, 4.69) is 15.6 Å². The number of hydrogen-bond acceptors (Lipinski definition) is 6. The van der Waals surface area contributed by atoms with Gasteiger partial charge < -0.3 is 24.7 Å². The van der Waals surface area contributed by atoms with E-state index >= 15 is 0 Å². The third kappa shape index (κ3) is 7.19. The van der Waals surface area contributed by atoms with Crippen molar-refractivity contribution in [1.29, 1.82) is 0 Å². The van der Waals surface area contributed by atoms with Gasteiger partial charge in [-0.3, -0.25) is 14.4 Å². The number of carbonyl (C=O) groups is 3. The number of esters is 1. The summed E-state index contributed by atoms with van der Waals surface area (Å²) in [7, 11) is 1.55. The van der Waals surface area contributed by atoms with E-state index in [1.54, 1.807) is 75.2 Å². The molecule has 1 aromatic heterocycles. The second-order valence-electron chi connectivity index (χ2n) is 7.49. The van der Waals surface area contributed by atoms with Gasteiger partial charge in [0.25, 0.3) is 5.91 Å². The first-order valence-corrected chi connectivity index (χ1v) is 10.9. The molecule has 0 bridgehead atoms. The van der Waals surface area contributed by atoms with E-state index in [1.165, 1.54) is 0 Å². The van der Waals surface area contributed by atoms with Gasteiger partial charge in [-0.25, -0.2) is 4.98 Å². The number of nitrogens with zero attached hydrogens (tertiary/aromatic N) is 2. The average molecular weight is 465 g/mol. The number of rotatable bonds is 11. The third-order valence-electron chi connectivity index (χ3n) is 5.04. The highest BCUT2D eigenvalue weighted by molar-refractivity contribution is 5.97. The average Bonchev–Trinajstić information content (AvgIpc) is 3.36. The number of hydrogen-bond donors (Lipinski definition) is 2. The van der Waals surface area contributed by atoms with E-state index in [0.29, 0.717) is 29.1 Å². The molecule has 34 heavy (non-hydrogen) atoms. The maximum atomic E-state index is 13.0. The molecule has 0 saturated carbocycles. The van der Waals surface area contributed by atoms with Gasteiger partial charge in [0, 0.05) is 36.6 Å². The van der Waals surface area contributed by atoms with Gasteiger partial charge in [-0.1, -0.05) is 18.2 Å². The van der Waals surface area contributed by atoms with Gasteiger partial charge >= 0.3 is 5.97 Å². The van der Waals surface area contributed by atoms with Crippen LogP contribution in [-0.2, 0) is 20.9 Å². The Morgan fingerprint density at radius 1 is 1.12 bits per heavy atom. The van der Waals surface area contributed by atoms with Crippen LogP contribution in [0.4, 0.5) is 5.69 Å². The van der Waals surface area contributed by atoms with Gasteiger partial charge in [0.1, 0.15) is 5.75 Å². The second kappa shape index (κ2) is 12.2. The first kappa shape index (κ1) is 24.5. The minimum Gasteiger partial charge on any atom is -0.497 e. The Kier molecular flexibility index (Phi) is 8.79. The Morgan fingerprint density at radius 2 is 1.94 bits per heavy atom. The van der Waals surface area contributed by atoms with Crippen molar-refractivity contribution in [3.8, 4) is 5.75 Å². The highest BCUT2D eigenvalue weighted by Crippen LogP contribution is 2.23. The number of nitrogens with one attached hydrogen (secondary N) is 2. The normalized spacial score (nSPS) is 11.4. The number of carbonyl (C=O) groups excluding carboxylic acids is 3. The molecule has 1 heterocycles. The Bertz CT molecular complexity index is 1110. The Balaban J connectivity index is 1.69. The fourth-order valence-electron chi connectivity index (χ4n) is 3.35. The molecule has 1 unspecified atom stereocenters. The van der Waals surface area contributed by atoms with Crippen LogP contribution in [0.2, 0.25) is 0 Å². The van der Waals surface area contributed by atoms with Crippen LogP contribution in [0.1, 0.15) is 41.7 Å². The minimum absolute atomic E-state index is 0.0303. The van der Waals surface area contributed by atoms with E-state index in [4.69, 9.17) is 9.47 Å². The van der Waals surface area contributed by atoms with Crippen LogP contribution in [0.25, 0.3) is 0 Å². The van der Waals surface area contributed by atoms with Crippen molar-refractivity contribution >= 4 is 23.5 Å². The van der Waals surface area contributed by atoms with E-state index in [1.807, 2.05) is 10.6 Å². The van der Waals surface area contributed by atoms with Crippen molar-refractivity contribution in [2.24, 2.45) is 0 Å². The second-order valence-corrected chi connectivity index (χ2v) is 7.49. The molecule has 0 radical (unpaired) electrons. The number of methoxy groups -OCH3 is 1. The molecule has 0 fully saturated rings. The van der Waals surface area contributed by atoms with E-state index in [0.717, 1.165) is 0 Å². The molecular weight excluding hydrogens is 436 g/mol. The molecule has 0 aliphatic rings. The highest BCUT2D eigenvalue weighted by atomic mass is 16.5. The number of aromatic nitrogens is 2. The van der Waals surface area contributed by atoms with Crippen molar-refractivity contribution in [3.05, 3.63) is 78.4 Å². The highest BCUT2D eigenvalue weighted by Gasteiger charge is 2.21. The third-order valence-corrected chi connectivity index (χ3v) is 5.04. The lowest BCUT2D eigenvalue weighted by Crippen LogP contribution is -2.30. The van der Waals surface area contributed by atoms with Crippen LogP contribution in [0.3, 0.4) is 0 Å². The maximum Gasteiger partial charge on any atom is 0.308 e. The SMILES string of the molecule is CCOC(=O)CC(NC(=O)c1cccc(NC(=O)CCn2ccnc2)c1)c1cccc(OC)c1. The standard InChI is InChI=1S/C25H28N4O5/c1-3-34-24(31)16-22(18-6-5-9-21(15-18)33-2)28-25(32)19-7-4-8-20(14-19)27-23(30)10-12-29-13-11-26-17-29/h4-9,11,13-15,17,22H,3,10,12,16H2,1-2H3,(H,27,30)(H,28,32). The fourth-order valence-corrected chi connectivity index (χ4v) is 3.35. The zero-order valence-electron chi connectivity index (χ0n) is 19.2. The molecule has 0 saturated heterocycles. The smallest absolute Gasteiger partial charge is 0.308 e. The lowest BCUT2D eigenvalue weighted by atomic mass is 10.0. The molecule has 0 spiro atoms. The van der Waals surface area contributed by atoms with Gasteiger partial charge in [0.15, 0.2) is 0 Å². The molecule has 2 aromatic carbocycles. The van der Waals surface area contributed by atoms with Crippen molar-refractivity contribution in [3.63, 3.8) is 0 Å². The van der Waals surface area contributed by atoms with Crippen LogP contribution in [0.5, 0.6) is 5.75 Å². The summed E-state index contributed by atoms with van der Waals surface area (Å²) in [5.41, 5.74) is 1.57. The quantitative estimate of drug-likeness (QED) is 0.421. The molecule has 178 valence electrons. The van der Waals surface area contributed by atoms with Gasteiger partial charge in [-0.2, -0.15) is 0 Å². The summed E-state index contributed by atoms with van der Waals surface area (Å²) >= 11 is 0. The number of imidazole rings is 1. The molecule has 3 rings (SSSR count). The van der Waals surface area contributed by atoms with Crippen molar-refractivity contribution in [1.82, 2.24) is 14.9 Å². The van der Waals surface area contributed by atoms with Crippen molar-refractivity contribution in [2.75, 3.05) is 19.0 Å². The summed E-state index contributed by atoms with van der Waals surface area (Å²) in [6, 6.07) is 13.2. The largest absolute Gasteiger partial charge is 0.497 e. The number of aryl methyl sites for hydroxylation is 1. The predicted molar refractivity (Wildman–Crippen MR) is 126 cm³/mol. The zero-order valence-corrected chi connectivity index (χ0v) is 19.2. The molecule has 9 nitrogen and oxygen atoms in total. The molecule has 0 aliphatic heterocycles. The van der Waals surface area contributed by atoms with Gasteiger partial charge in [-0.05, 0) is 42.8 Å². The summed E-state index contributed by atoms with van der Waals surface area (Å²) < 4.78 is 12.2. The molecule has 2 N–H and O–H groups in total. The summed E-state index contributed by atoms with van der Waals surface area (Å²) in [5, 5.41) is 5.70. The fraction of sp³-hybridized carbons (Fsp3) is 0.280. The number of ether oxygens (including phenoxy) is 2. The molecule has 9 heteroatoms. The minimum atomic E-state index is -0.616. The summed E-state index contributed by atoms with van der Waals surface area (Å²) in [4.78, 5) is 41.4. The van der Waals surface area contributed by atoms with Crippen LogP contribution in [0, 0.1) is 0 Å². The van der Waals surface area contributed by atoms with Crippen LogP contribution in [-0.4, -0.2) is 41.1 Å². The molecule has 0 aliphatic carbocycles. The lowest BCUT2D eigenvalue weighted by Gasteiger charge is -2.19. The number of benzene rings is 2. The summed E-state index contributed by atoms with van der Waals surface area (Å²) in [5.74, 6) is -0.370. The van der Waals surface area contributed by atoms with Crippen LogP contribution in [0.15, 0.2) is 67.3 Å². The topological polar surface area (TPSA) is 112 Å². The number of amides is 2. The Labute approximate surface area is 198 Å². The van der Waals surface area contributed by atoms with Gasteiger partial charge in [0.05, 0.1) is 32.5 Å². The van der Waals surface area contributed by atoms with E-state index in [9.17, 15) is 14.4 Å². The molecule has 3 aromatic rings. The molecular formula is C25H28N4O5. The van der Waals surface area contributed by atoms with Gasteiger partial charge in [0.2, 0.25) is 5.91 Å². The summed E-state index contributed by atoms with van der Waals surface area (Å²) in [6.07, 6.45) is 5.32. The first-order chi connectivity index (χ1) is 16.5. The first-order valence-electron chi connectivity index (χ1n) is 10.9. The van der Waals surface area contributed by atoms with E-state index in [-0.39, 0.29) is 31.3 Å². The van der Waals surface area contributed by atoms with Crippen LogP contribution < -0.4 is 15.4 Å². The predicted octanol–water partition coefficient (Wildman–Crippen LogP) is 3.34. The van der Waals surface area contributed by atoms with Crippen molar-refractivity contribution < 1.29 is 23.9 Å². The Morgan fingerprint density at radius 3 is 2.68 bits per heavy atom. The number of anilines is 1.